The Balaban J connectivity index is 1.37. The summed E-state index contributed by atoms with van der Waals surface area (Å²) in [7, 11) is 0. The summed E-state index contributed by atoms with van der Waals surface area (Å²) < 4.78 is 15.2. The Morgan fingerprint density at radius 3 is 2.90 bits per heavy atom. The predicted octanol–water partition coefficient (Wildman–Crippen LogP) is 2.65. The molecule has 0 bridgehead atoms. The summed E-state index contributed by atoms with van der Waals surface area (Å²) in [6, 6.07) is 16.4. The van der Waals surface area contributed by atoms with E-state index in [1.807, 2.05) is 42.6 Å². The van der Waals surface area contributed by atoms with Crippen molar-refractivity contribution < 1.29 is 9.18 Å². The fourth-order valence-electron chi connectivity index (χ4n) is 3.40. The molecule has 1 aliphatic rings. The molecule has 6 nitrogen and oxygen atoms in total. The molecule has 1 aliphatic heterocycles. The lowest BCUT2D eigenvalue weighted by Gasteiger charge is -2.33. The van der Waals surface area contributed by atoms with Gasteiger partial charge < -0.3 is 10.2 Å². The first kappa shape index (κ1) is 19.0. The third-order valence-corrected chi connectivity index (χ3v) is 4.88. The molecule has 0 saturated carbocycles. The highest BCUT2D eigenvalue weighted by molar-refractivity contribution is 5.91. The lowest BCUT2D eigenvalue weighted by Crippen LogP contribution is -2.47. The second-order valence-corrected chi connectivity index (χ2v) is 7.01. The highest BCUT2D eigenvalue weighted by Crippen LogP contribution is 2.18. The van der Waals surface area contributed by atoms with Gasteiger partial charge in [0, 0.05) is 25.7 Å². The number of hydrogen-bond acceptors (Lipinski definition) is 4. The summed E-state index contributed by atoms with van der Waals surface area (Å²) in [6.07, 6.45) is 5.00. The number of amides is 1. The van der Waals surface area contributed by atoms with E-state index in [2.05, 4.69) is 15.6 Å². The number of hydrogen-bond donors (Lipinski definition) is 1. The first-order chi connectivity index (χ1) is 14.2. The number of carbonyl (C=O) groups is 1. The average molecular weight is 391 g/mol. The Labute approximate surface area is 168 Å². The van der Waals surface area contributed by atoms with Crippen LogP contribution in [0.4, 0.5) is 4.39 Å². The van der Waals surface area contributed by atoms with E-state index in [0.29, 0.717) is 31.9 Å². The Morgan fingerprint density at radius 1 is 1.21 bits per heavy atom. The second-order valence-electron chi connectivity index (χ2n) is 7.01. The van der Waals surface area contributed by atoms with Crippen molar-refractivity contribution in [3.63, 3.8) is 0 Å². The van der Waals surface area contributed by atoms with Gasteiger partial charge in [-0.25, -0.2) is 9.07 Å². The molecule has 1 saturated heterocycles. The Hall–Kier alpha value is -3.32. The number of piperazine rings is 1. The molecule has 148 valence electrons. The zero-order valence-corrected chi connectivity index (χ0v) is 15.9. The molecule has 0 radical (unpaired) electrons. The molecule has 4 rings (SSSR count). The molecule has 1 unspecified atom stereocenters. The van der Waals surface area contributed by atoms with Crippen LogP contribution in [0.25, 0.3) is 6.08 Å². The normalized spacial score (nSPS) is 17.0. The maximum absolute atomic E-state index is 13.5. The largest absolute Gasteiger partial charge is 0.336 e. The number of aromatic nitrogens is 3. The summed E-state index contributed by atoms with van der Waals surface area (Å²) in [6.45, 7) is 2.39. The number of carbonyl (C=O) groups excluding carboxylic acids is 1. The summed E-state index contributed by atoms with van der Waals surface area (Å²) in [5.41, 5.74) is 2.61. The smallest absolute Gasteiger partial charge is 0.246 e. The molecule has 1 aromatic heterocycles. The van der Waals surface area contributed by atoms with Crippen LogP contribution in [0.2, 0.25) is 0 Å². The minimum absolute atomic E-state index is 0.0800. The van der Waals surface area contributed by atoms with Crippen molar-refractivity contribution in [2.24, 2.45) is 0 Å². The van der Waals surface area contributed by atoms with Gasteiger partial charge in [0.15, 0.2) is 0 Å². The number of benzene rings is 2. The van der Waals surface area contributed by atoms with Crippen LogP contribution in [0, 0.1) is 5.82 Å². The molecule has 2 aromatic carbocycles. The molecule has 0 spiro atoms. The van der Waals surface area contributed by atoms with Crippen LogP contribution in [-0.2, 0) is 11.3 Å². The van der Waals surface area contributed by atoms with Gasteiger partial charge in [0.05, 0.1) is 18.8 Å². The lowest BCUT2D eigenvalue weighted by molar-refractivity contribution is -0.127. The third-order valence-electron chi connectivity index (χ3n) is 4.88. The molecule has 1 amide bonds. The van der Waals surface area contributed by atoms with E-state index >= 15 is 0 Å². The van der Waals surface area contributed by atoms with E-state index in [9.17, 15) is 9.18 Å². The maximum Gasteiger partial charge on any atom is 0.246 e. The summed E-state index contributed by atoms with van der Waals surface area (Å²) >= 11 is 0. The number of halogens is 1. The first-order valence-corrected chi connectivity index (χ1v) is 9.57. The molecule has 1 fully saturated rings. The Morgan fingerprint density at radius 2 is 2.07 bits per heavy atom. The van der Waals surface area contributed by atoms with Crippen molar-refractivity contribution in [2.45, 2.75) is 12.6 Å². The fourth-order valence-corrected chi connectivity index (χ4v) is 3.40. The van der Waals surface area contributed by atoms with E-state index in [1.54, 1.807) is 21.7 Å². The molecule has 3 aromatic rings. The van der Waals surface area contributed by atoms with Crippen LogP contribution >= 0.6 is 0 Å². The van der Waals surface area contributed by atoms with Crippen LogP contribution in [0.5, 0.6) is 0 Å². The zero-order valence-electron chi connectivity index (χ0n) is 15.9. The van der Waals surface area contributed by atoms with Crippen LogP contribution in [0.1, 0.15) is 22.9 Å². The van der Waals surface area contributed by atoms with E-state index in [-0.39, 0.29) is 17.8 Å². The third kappa shape index (κ3) is 4.94. The minimum atomic E-state index is -0.272. The zero-order chi connectivity index (χ0) is 20.1. The standard InChI is InChI=1S/C22H22FN5O/c23-19-8-4-7-18(13-19)21-16-27(12-11-24-21)22(29)10-9-20-15-28(26-25-20)14-17-5-2-1-3-6-17/h1-10,13,15,21,24H,11-12,14,16H2/b10-9+. The molecule has 7 heteroatoms. The number of rotatable bonds is 5. The van der Waals surface area contributed by atoms with Crippen molar-refractivity contribution in [3.8, 4) is 0 Å². The molecular weight excluding hydrogens is 369 g/mol. The van der Waals surface area contributed by atoms with Gasteiger partial charge in [0.25, 0.3) is 0 Å². The topological polar surface area (TPSA) is 63.1 Å². The maximum atomic E-state index is 13.5. The quantitative estimate of drug-likeness (QED) is 0.680. The molecule has 1 atom stereocenters. The van der Waals surface area contributed by atoms with Crippen LogP contribution < -0.4 is 5.32 Å². The summed E-state index contributed by atoms with van der Waals surface area (Å²) in [5.74, 6) is -0.364. The van der Waals surface area contributed by atoms with E-state index in [0.717, 1.165) is 11.1 Å². The Kier molecular flexibility index (Phi) is 5.76. The summed E-state index contributed by atoms with van der Waals surface area (Å²) in [5, 5.41) is 11.5. The van der Waals surface area contributed by atoms with Crippen LogP contribution in [-0.4, -0.2) is 45.4 Å². The first-order valence-electron chi connectivity index (χ1n) is 9.57. The van der Waals surface area contributed by atoms with Crippen molar-refractivity contribution in [1.82, 2.24) is 25.2 Å². The SMILES string of the molecule is O=C(/C=C/c1cn(Cc2ccccc2)nn1)N1CCNC(c2cccc(F)c2)C1. The Bertz CT molecular complexity index is 1000. The van der Waals surface area contributed by atoms with Crippen molar-refractivity contribution in [3.05, 3.63) is 89.5 Å². The predicted molar refractivity (Wildman–Crippen MR) is 108 cm³/mol. The van der Waals surface area contributed by atoms with Gasteiger partial charge in [0.1, 0.15) is 11.5 Å². The molecule has 2 heterocycles. The number of nitrogens with one attached hydrogen (secondary N) is 1. The lowest BCUT2D eigenvalue weighted by atomic mass is 10.0. The minimum Gasteiger partial charge on any atom is -0.336 e. The molecule has 29 heavy (non-hydrogen) atoms. The van der Waals surface area contributed by atoms with Gasteiger partial charge in [-0.2, -0.15) is 0 Å². The molecule has 0 aliphatic carbocycles. The summed E-state index contributed by atoms with van der Waals surface area (Å²) in [4.78, 5) is 14.4. The van der Waals surface area contributed by atoms with Gasteiger partial charge in [-0.05, 0) is 29.3 Å². The monoisotopic (exact) mass is 391 g/mol. The van der Waals surface area contributed by atoms with Crippen LogP contribution in [0.15, 0.2) is 66.9 Å². The van der Waals surface area contributed by atoms with Gasteiger partial charge in [0.2, 0.25) is 5.91 Å². The van der Waals surface area contributed by atoms with Gasteiger partial charge in [-0.1, -0.05) is 47.7 Å². The highest BCUT2D eigenvalue weighted by atomic mass is 19.1. The van der Waals surface area contributed by atoms with E-state index in [1.165, 1.54) is 18.2 Å². The fraction of sp³-hybridized carbons (Fsp3) is 0.227. The molecular formula is C22H22FN5O. The average Bonchev–Trinajstić information content (AvgIpc) is 3.20. The molecule has 1 N–H and O–H groups in total. The van der Waals surface area contributed by atoms with E-state index in [4.69, 9.17) is 0 Å². The highest BCUT2D eigenvalue weighted by Gasteiger charge is 2.23. The van der Waals surface area contributed by atoms with Gasteiger partial charge >= 0.3 is 0 Å². The second kappa shape index (κ2) is 8.79. The van der Waals surface area contributed by atoms with Gasteiger partial charge in [-0.15, -0.1) is 5.10 Å². The van der Waals surface area contributed by atoms with Gasteiger partial charge in [-0.3, -0.25) is 4.79 Å². The van der Waals surface area contributed by atoms with Crippen LogP contribution in [0.3, 0.4) is 0 Å². The van der Waals surface area contributed by atoms with Crippen molar-refractivity contribution >= 4 is 12.0 Å². The van der Waals surface area contributed by atoms with Crippen molar-refractivity contribution in [2.75, 3.05) is 19.6 Å². The number of nitrogens with zero attached hydrogens (tertiary/aromatic N) is 4. The van der Waals surface area contributed by atoms with E-state index < -0.39 is 0 Å². The van der Waals surface area contributed by atoms with Crippen molar-refractivity contribution in [1.29, 1.82) is 0 Å².